The summed E-state index contributed by atoms with van der Waals surface area (Å²) in [6, 6.07) is 0. The lowest BCUT2D eigenvalue weighted by molar-refractivity contribution is -0.119. The van der Waals surface area contributed by atoms with E-state index in [0.29, 0.717) is 5.78 Å². The van der Waals surface area contributed by atoms with Crippen LogP contribution >= 0.6 is 23.5 Å². The van der Waals surface area contributed by atoms with Gasteiger partial charge in [-0.3, -0.25) is 4.79 Å². The molecule has 0 amide bonds. The molecule has 0 heterocycles. The average Bonchev–Trinajstić information content (AvgIpc) is 2.93. The molecule has 2 N–H and O–H groups in total. The molecule has 2 saturated carbocycles. The lowest BCUT2D eigenvalue weighted by Crippen LogP contribution is -2.12. The molecule has 2 rings (SSSR count). The van der Waals surface area contributed by atoms with Gasteiger partial charge in [-0.25, -0.2) is 0 Å². The zero-order valence-corrected chi connectivity index (χ0v) is 26.4. The van der Waals surface area contributed by atoms with E-state index in [1.807, 2.05) is 23.5 Å². The lowest BCUT2D eigenvalue weighted by atomic mass is 9.85. The molecule has 0 saturated heterocycles. The highest BCUT2D eigenvalue weighted by molar-refractivity contribution is 7.99. The minimum atomic E-state index is -0.135. The molecule has 2 fully saturated rings. The summed E-state index contributed by atoms with van der Waals surface area (Å²) >= 11 is 3.78. The van der Waals surface area contributed by atoms with Crippen LogP contribution in [0.1, 0.15) is 154 Å². The zero-order chi connectivity index (χ0) is 27.1. The molecule has 0 radical (unpaired) electrons. The second kappa shape index (κ2) is 23.9. The molecule has 0 aromatic carbocycles. The van der Waals surface area contributed by atoms with Crippen LogP contribution in [-0.2, 0) is 4.79 Å². The highest BCUT2D eigenvalue weighted by Crippen LogP contribution is 2.29. The van der Waals surface area contributed by atoms with Crippen molar-refractivity contribution in [3.63, 3.8) is 0 Å². The van der Waals surface area contributed by atoms with Gasteiger partial charge in [-0.2, -0.15) is 23.5 Å². The largest absolute Gasteiger partial charge is 0.392 e. The summed E-state index contributed by atoms with van der Waals surface area (Å²) in [6.07, 6.45) is 29.0. The summed E-state index contributed by atoms with van der Waals surface area (Å²) in [5.74, 6) is 6.28. The normalized spacial score (nSPS) is 19.0. The first kappa shape index (κ1) is 34.5. The summed E-state index contributed by atoms with van der Waals surface area (Å²) in [4.78, 5) is 12.2. The number of carbonyl (C=O) groups is 1. The van der Waals surface area contributed by atoms with E-state index >= 15 is 0 Å². The van der Waals surface area contributed by atoms with Crippen molar-refractivity contribution < 1.29 is 15.0 Å². The Morgan fingerprint density at radius 3 is 1.42 bits per heavy atom. The molecule has 38 heavy (non-hydrogen) atoms. The number of ketones is 1. The van der Waals surface area contributed by atoms with E-state index in [9.17, 15) is 15.0 Å². The van der Waals surface area contributed by atoms with Crippen molar-refractivity contribution in [1.82, 2.24) is 0 Å². The number of aliphatic hydroxyl groups is 2. The number of thioether (sulfide) groups is 2. The first-order valence-electron chi connectivity index (χ1n) is 16.7. The molecule has 0 aliphatic heterocycles. The fourth-order valence-electron chi connectivity index (χ4n) is 6.37. The number of Topliss-reactive ketones (excluding diaryl/α,β-unsaturated/α-hetero) is 1. The molecule has 0 bridgehead atoms. The Labute approximate surface area is 244 Å². The highest BCUT2D eigenvalue weighted by atomic mass is 32.2. The van der Waals surface area contributed by atoms with Crippen molar-refractivity contribution in [3.05, 3.63) is 0 Å². The van der Waals surface area contributed by atoms with Crippen LogP contribution < -0.4 is 0 Å². The van der Waals surface area contributed by atoms with E-state index in [1.165, 1.54) is 89.9 Å². The van der Waals surface area contributed by atoms with Crippen molar-refractivity contribution in [1.29, 1.82) is 0 Å². The Balaban J connectivity index is 1.27. The smallest absolute Gasteiger partial charge is 0.132 e. The Bertz CT molecular complexity index is 500. The Hall–Kier alpha value is 0.290. The fourth-order valence-corrected chi connectivity index (χ4v) is 8.40. The van der Waals surface area contributed by atoms with Crippen LogP contribution in [0, 0.1) is 11.8 Å². The van der Waals surface area contributed by atoms with Crippen molar-refractivity contribution in [2.24, 2.45) is 11.8 Å². The molecule has 0 spiro atoms. The molecule has 2 aliphatic rings. The monoisotopic (exact) mass is 570 g/mol. The quantitative estimate of drug-likeness (QED) is 0.113. The number of hydrogen-bond donors (Lipinski definition) is 2. The fraction of sp³-hybridized carbons (Fsp3) is 0.970. The van der Waals surface area contributed by atoms with Gasteiger partial charge in [0.1, 0.15) is 5.78 Å². The van der Waals surface area contributed by atoms with Crippen LogP contribution in [0.4, 0.5) is 0 Å². The van der Waals surface area contributed by atoms with Gasteiger partial charge in [-0.1, -0.05) is 103 Å². The second-order valence-corrected chi connectivity index (χ2v) is 14.8. The zero-order valence-electron chi connectivity index (χ0n) is 24.7. The van der Waals surface area contributed by atoms with Crippen molar-refractivity contribution >= 4 is 29.3 Å². The predicted octanol–water partition coefficient (Wildman–Crippen LogP) is 9.37. The Morgan fingerprint density at radius 1 is 0.579 bits per heavy atom. The third kappa shape index (κ3) is 19.4. The summed E-state index contributed by atoms with van der Waals surface area (Å²) in [7, 11) is 0. The van der Waals surface area contributed by atoms with Crippen LogP contribution in [0.2, 0.25) is 0 Å². The van der Waals surface area contributed by atoms with Crippen molar-refractivity contribution in [2.75, 3.05) is 23.0 Å². The lowest BCUT2D eigenvalue weighted by Gasteiger charge is -2.21. The minimum absolute atomic E-state index is 0.135. The predicted molar refractivity (Wildman–Crippen MR) is 169 cm³/mol. The summed E-state index contributed by atoms with van der Waals surface area (Å²) in [5, 5.41) is 20.4. The molecule has 2 aliphatic carbocycles. The molecule has 2 atom stereocenters. The van der Waals surface area contributed by atoms with Crippen molar-refractivity contribution in [3.8, 4) is 0 Å². The first-order chi connectivity index (χ1) is 18.6. The van der Waals surface area contributed by atoms with Gasteiger partial charge in [0, 0.05) is 24.3 Å². The van der Waals surface area contributed by atoms with Gasteiger partial charge < -0.3 is 10.2 Å². The minimum Gasteiger partial charge on any atom is -0.392 e. The molecule has 5 heteroatoms. The van der Waals surface area contributed by atoms with Gasteiger partial charge >= 0.3 is 0 Å². The topological polar surface area (TPSA) is 57.5 Å². The number of hydrogen-bond acceptors (Lipinski definition) is 5. The number of unbranched alkanes of at least 4 members (excludes halogenated alkanes) is 4. The summed E-state index contributed by atoms with van der Waals surface area (Å²) in [6.45, 7) is 0. The van der Waals surface area contributed by atoms with E-state index in [2.05, 4.69) is 0 Å². The van der Waals surface area contributed by atoms with Gasteiger partial charge in [0.25, 0.3) is 0 Å². The highest BCUT2D eigenvalue weighted by Gasteiger charge is 2.15. The molecule has 224 valence electrons. The van der Waals surface area contributed by atoms with Crippen LogP contribution in [0.3, 0.4) is 0 Å². The maximum atomic E-state index is 12.2. The molecule has 3 nitrogen and oxygen atoms in total. The van der Waals surface area contributed by atoms with Crippen LogP contribution in [0.5, 0.6) is 0 Å². The van der Waals surface area contributed by atoms with Gasteiger partial charge in [0.2, 0.25) is 0 Å². The van der Waals surface area contributed by atoms with Gasteiger partial charge in [-0.05, 0) is 61.9 Å². The van der Waals surface area contributed by atoms with Gasteiger partial charge in [0.05, 0.1) is 12.2 Å². The molecule has 2 unspecified atom stereocenters. The van der Waals surface area contributed by atoms with Crippen molar-refractivity contribution in [2.45, 2.75) is 166 Å². The standard InChI is InChI=1S/C33H62O3S2/c34-31(21-9-3-11-25-37-27-32(35)23-13-19-29-15-5-1-6-16-29)22-10-4-12-26-38-28-33(36)24-14-20-30-17-7-2-8-18-30/h29-30,32-33,35-36H,1-28H2. The molecule has 0 aromatic rings. The van der Waals surface area contributed by atoms with Crippen LogP contribution in [0.25, 0.3) is 0 Å². The van der Waals surface area contributed by atoms with E-state index in [-0.39, 0.29) is 12.2 Å². The second-order valence-electron chi connectivity index (χ2n) is 12.5. The van der Waals surface area contributed by atoms with E-state index in [1.54, 1.807) is 0 Å². The first-order valence-corrected chi connectivity index (χ1v) is 19.0. The van der Waals surface area contributed by atoms with E-state index < -0.39 is 0 Å². The maximum absolute atomic E-state index is 12.2. The number of carbonyl (C=O) groups excluding carboxylic acids is 1. The third-order valence-electron chi connectivity index (χ3n) is 8.86. The number of rotatable bonds is 24. The Kier molecular flexibility index (Phi) is 21.7. The summed E-state index contributed by atoms with van der Waals surface area (Å²) in [5.41, 5.74) is 0. The van der Waals surface area contributed by atoms with E-state index in [4.69, 9.17) is 0 Å². The molecule has 0 aromatic heterocycles. The van der Waals surface area contributed by atoms with Crippen LogP contribution in [0.15, 0.2) is 0 Å². The third-order valence-corrected chi connectivity index (χ3v) is 11.3. The SMILES string of the molecule is O=C(CCCCCSCC(O)CCCC1CCCCC1)CCCCCSCC(O)CCCC1CCCCC1. The van der Waals surface area contributed by atoms with Crippen LogP contribution in [-0.4, -0.2) is 51.2 Å². The number of aliphatic hydroxyl groups excluding tert-OH is 2. The average molecular weight is 571 g/mol. The molecular weight excluding hydrogens is 508 g/mol. The summed E-state index contributed by atoms with van der Waals surface area (Å²) < 4.78 is 0. The van der Waals surface area contributed by atoms with Gasteiger partial charge in [0.15, 0.2) is 0 Å². The van der Waals surface area contributed by atoms with E-state index in [0.717, 1.165) is 99.1 Å². The van der Waals surface area contributed by atoms with Gasteiger partial charge in [-0.15, -0.1) is 0 Å². The molecular formula is C33H62O3S2. The maximum Gasteiger partial charge on any atom is 0.132 e. The Morgan fingerprint density at radius 2 is 1.00 bits per heavy atom.